The molecule has 22 heavy (non-hydrogen) atoms. The Kier molecular flexibility index (Phi) is 7.17. The van der Waals surface area contributed by atoms with Gasteiger partial charge < -0.3 is 18.4 Å². The lowest BCUT2D eigenvalue weighted by Crippen LogP contribution is -2.42. The summed E-state index contributed by atoms with van der Waals surface area (Å²) in [5.74, 6) is 1.82. The molecule has 0 heterocycles. The van der Waals surface area contributed by atoms with Crippen LogP contribution in [0.5, 0.6) is 11.5 Å². The van der Waals surface area contributed by atoms with Gasteiger partial charge in [0, 0.05) is 0 Å². The molecule has 0 radical (unpaired) electrons. The van der Waals surface area contributed by atoms with E-state index >= 15 is 0 Å². The maximum atomic E-state index is 5.80. The number of nitrogens with zero attached hydrogens (tertiary/aromatic N) is 2. The Morgan fingerprint density at radius 3 is 1.27 bits per heavy atom. The van der Waals surface area contributed by atoms with E-state index < -0.39 is 0 Å². The molecule has 1 rings (SSSR count). The Hall–Kier alpha value is -1.26. The molecule has 1 aromatic carbocycles. The lowest BCUT2D eigenvalue weighted by Gasteiger charge is -2.28. The van der Waals surface area contributed by atoms with E-state index in [1.165, 1.54) is 0 Å². The number of likely N-dealkylation sites (N-methyl/N-ethyl adjacent to an activating group) is 2. The Bertz CT molecular complexity index is 386. The summed E-state index contributed by atoms with van der Waals surface area (Å²) in [7, 11) is 8.88. The van der Waals surface area contributed by atoms with E-state index in [2.05, 4.69) is 42.0 Å². The second kappa shape index (κ2) is 8.39. The molecule has 0 spiro atoms. The third kappa shape index (κ3) is 7.14. The fraction of sp³-hybridized carbons (Fsp3) is 0.667. The summed E-state index contributed by atoms with van der Waals surface area (Å²) in [5.41, 5.74) is 0. The van der Waals surface area contributed by atoms with Gasteiger partial charge in [0.25, 0.3) is 0 Å². The zero-order valence-electron chi connectivity index (χ0n) is 15.3. The predicted molar refractivity (Wildman–Crippen MR) is 92.5 cm³/mol. The van der Waals surface area contributed by atoms with Gasteiger partial charge in [-0.2, -0.15) is 0 Å². The maximum absolute atomic E-state index is 5.80. The molecule has 0 atom stereocenters. The van der Waals surface area contributed by atoms with Crippen LogP contribution in [0.15, 0.2) is 24.3 Å². The van der Waals surface area contributed by atoms with Crippen molar-refractivity contribution < 1.29 is 18.4 Å². The maximum Gasteiger partial charge on any atom is 0.137 e. The highest BCUT2D eigenvalue weighted by Gasteiger charge is 2.12. The summed E-state index contributed by atoms with van der Waals surface area (Å²) in [6, 6.07) is 7.95. The van der Waals surface area contributed by atoms with Gasteiger partial charge in [-0.15, -0.1) is 0 Å². The summed E-state index contributed by atoms with van der Waals surface area (Å²) in [4.78, 5) is 0. The average molecular weight is 310 g/mol. The van der Waals surface area contributed by atoms with Crippen molar-refractivity contribution in [1.29, 1.82) is 0 Å². The van der Waals surface area contributed by atoms with Gasteiger partial charge in [0.2, 0.25) is 0 Å². The van der Waals surface area contributed by atoms with Crippen LogP contribution in [0.2, 0.25) is 0 Å². The Morgan fingerprint density at radius 2 is 1.00 bits per heavy atom. The number of hydrogen-bond donors (Lipinski definition) is 0. The molecule has 0 aromatic heterocycles. The Labute approximate surface area is 136 Å². The van der Waals surface area contributed by atoms with Crippen LogP contribution < -0.4 is 9.47 Å². The van der Waals surface area contributed by atoms with Gasteiger partial charge in [-0.1, -0.05) is 0 Å². The van der Waals surface area contributed by atoms with Crippen molar-refractivity contribution in [1.82, 2.24) is 0 Å². The number of ether oxygens (including phenoxy) is 2. The standard InChI is InChI=1S/C18H34N2O2/c1-7-19(3,4)13-15-21-17-9-11-18(12-10-17)22-16-14-20(5,6)8-2/h9-12H,7-8,13-16H2,1-6H3/q+2. The molecule has 0 bridgehead atoms. The van der Waals surface area contributed by atoms with Crippen LogP contribution in [0.4, 0.5) is 0 Å². The van der Waals surface area contributed by atoms with Crippen LogP contribution >= 0.6 is 0 Å². The molecule has 1 aromatic rings. The number of hydrogen-bond acceptors (Lipinski definition) is 2. The minimum atomic E-state index is 0.739. The third-order valence-corrected chi connectivity index (χ3v) is 4.47. The number of rotatable bonds is 10. The predicted octanol–water partition coefficient (Wildman–Crippen LogP) is 2.64. The molecule has 4 nitrogen and oxygen atoms in total. The van der Waals surface area contributed by atoms with Crippen LogP contribution in [0, 0.1) is 0 Å². The van der Waals surface area contributed by atoms with Crippen molar-refractivity contribution in [2.75, 3.05) is 67.6 Å². The van der Waals surface area contributed by atoms with Crippen LogP contribution in [-0.4, -0.2) is 76.5 Å². The van der Waals surface area contributed by atoms with E-state index in [9.17, 15) is 0 Å². The van der Waals surface area contributed by atoms with Gasteiger partial charge in [0.1, 0.15) is 37.8 Å². The van der Waals surface area contributed by atoms with E-state index in [0.29, 0.717) is 0 Å². The average Bonchev–Trinajstić information content (AvgIpc) is 2.48. The molecular formula is C18H34N2O2+2. The van der Waals surface area contributed by atoms with Crippen molar-refractivity contribution in [3.8, 4) is 11.5 Å². The Morgan fingerprint density at radius 1 is 0.682 bits per heavy atom. The monoisotopic (exact) mass is 310 g/mol. The molecule has 0 aliphatic rings. The molecule has 0 amide bonds. The summed E-state index contributed by atoms with van der Waals surface area (Å²) >= 11 is 0. The molecule has 0 saturated carbocycles. The molecule has 0 unspecified atom stereocenters. The van der Waals surface area contributed by atoms with E-state index in [1.807, 2.05) is 24.3 Å². The molecular weight excluding hydrogens is 276 g/mol. The molecule has 0 saturated heterocycles. The van der Waals surface area contributed by atoms with Crippen LogP contribution in [0.1, 0.15) is 13.8 Å². The normalized spacial score (nSPS) is 12.3. The lowest BCUT2D eigenvalue weighted by atomic mass is 10.3. The zero-order chi connectivity index (χ0) is 16.6. The molecule has 0 fully saturated rings. The van der Waals surface area contributed by atoms with Gasteiger partial charge in [-0.05, 0) is 38.1 Å². The first-order valence-corrected chi connectivity index (χ1v) is 8.27. The number of benzene rings is 1. The van der Waals surface area contributed by atoms with E-state index in [4.69, 9.17) is 9.47 Å². The molecule has 0 aliphatic carbocycles. The van der Waals surface area contributed by atoms with Crippen molar-refractivity contribution >= 4 is 0 Å². The first-order valence-electron chi connectivity index (χ1n) is 8.27. The lowest BCUT2D eigenvalue weighted by molar-refractivity contribution is -0.888. The molecule has 126 valence electrons. The topological polar surface area (TPSA) is 18.5 Å². The highest BCUT2D eigenvalue weighted by molar-refractivity contribution is 5.31. The summed E-state index contributed by atoms with van der Waals surface area (Å²) in [5, 5.41) is 0. The second-order valence-corrected chi connectivity index (χ2v) is 7.12. The van der Waals surface area contributed by atoms with Gasteiger partial charge in [0.15, 0.2) is 0 Å². The molecule has 0 N–H and O–H groups in total. The Balaban J connectivity index is 2.34. The second-order valence-electron chi connectivity index (χ2n) is 7.12. The van der Waals surface area contributed by atoms with Gasteiger partial charge in [0.05, 0.1) is 41.3 Å². The van der Waals surface area contributed by atoms with Crippen molar-refractivity contribution in [3.05, 3.63) is 24.3 Å². The molecule has 0 aliphatic heterocycles. The highest BCUT2D eigenvalue weighted by atomic mass is 16.5. The number of quaternary nitrogens is 2. The van der Waals surface area contributed by atoms with Crippen molar-refractivity contribution in [3.63, 3.8) is 0 Å². The van der Waals surface area contributed by atoms with Crippen LogP contribution in [0.3, 0.4) is 0 Å². The van der Waals surface area contributed by atoms with E-state index in [0.717, 1.165) is 59.9 Å². The van der Waals surface area contributed by atoms with E-state index in [1.54, 1.807) is 0 Å². The smallest absolute Gasteiger partial charge is 0.137 e. The van der Waals surface area contributed by atoms with Gasteiger partial charge in [-0.25, -0.2) is 0 Å². The van der Waals surface area contributed by atoms with E-state index in [-0.39, 0.29) is 0 Å². The van der Waals surface area contributed by atoms with Crippen LogP contribution in [-0.2, 0) is 0 Å². The van der Waals surface area contributed by atoms with Gasteiger partial charge in [-0.3, -0.25) is 0 Å². The quantitative estimate of drug-likeness (QED) is 0.619. The third-order valence-electron chi connectivity index (χ3n) is 4.47. The summed E-state index contributed by atoms with van der Waals surface area (Å²) in [6.45, 7) is 10.1. The molecule has 4 heteroatoms. The summed E-state index contributed by atoms with van der Waals surface area (Å²) in [6.07, 6.45) is 0. The minimum absolute atomic E-state index is 0.739. The van der Waals surface area contributed by atoms with Gasteiger partial charge >= 0.3 is 0 Å². The first-order chi connectivity index (χ1) is 10.3. The SMILES string of the molecule is CC[N+](C)(C)CCOc1ccc(OCC[N+](C)(C)CC)cc1. The first kappa shape index (κ1) is 18.8. The van der Waals surface area contributed by atoms with Crippen LogP contribution in [0.25, 0.3) is 0 Å². The largest absolute Gasteiger partial charge is 0.488 e. The fourth-order valence-electron chi connectivity index (χ4n) is 1.77. The zero-order valence-corrected chi connectivity index (χ0v) is 15.3. The minimum Gasteiger partial charge on any atom is -0.488 e. The highest BCUT2D eigenvalue weighted by Crippen LogP contribution is 2.17. The summed E-state index contributed by atoms with van der Waals surface area (Å²) < 4.78 is 13.6. The fourth-order valence-corrected chi connectivity index (χ4v) is 1.77. The van der Waals surface area contributed by atoms with Crippen molar-refractivity contribution in [2.45, 2.75) is 13.8 Å². The van der Waals surface area contributed by atoms with Crippen molar-refractivity contribution in [2.24, 2.45) is 0 Å².